The van der Waals surface area contributed by atoms with Crippen molar-refractivity contribution in [3.05, 3.63) is 96.2 Å². The van der Waals surface area contributed by atoms with Crippen LogP contribution in [-0.4, -0.2) is 44.3 Å². The van der Waals surface area contributed by atoms with Crippen LogP contribution in [0.15, 0.2) is 94.5 Å². The van der Waals surface area contributed by atoms with Crippen LogP contribution >= 0.6 is 0 Å². The SMILES string of the molecule is O=C1Nc2ccccc2C(c2ccccc2)=NC1Nc1nnc(-c2cccc3ccn(CCO)c23)o1. The van der Waals surface area contributed by atoms with E-state index in [0.29, 0.717) is 23.8 Å². The lowest BCUT2D eigenvalue weighted by atomic mass is 10.0. The predicted octanol–water partition coefficient (Wildman–Crippen LogP) is 3.91. The molecular weight excluding hydrogens is 456 g/mol. The van der Waals surface area contributed by atoms with Gasteiger partial charge in [0.15, 0.2) is 0 Å². The van der Waals surface area contributed by atoms with Gasteiger partial charge in [-0.05, 0) is 18.2 Å². The maximum Gasteiger partial charge on any atom is 0.317 e. The topological polar surface area (TPSA) is 118 Å². The second kappa shape index (κ2) is 9.12. The number of para-hydroxylation sites is 2. The lowest BCUT2D eigenvalue weighted by molar-refractivity contribution is -0.116. The molecule has 0 saturated heterocycles. The molecule has 0 bridgehead atoms. The Morgan fingerprint density at radius 2 is 1.75 bits per heavy atom. The van der Waals surface area contributed by atoms with Crippen molar-refractivity contribution >= 4 is 34.2 Å². The molecule has 3 N–H and O–H groups in total. The third-order valence-electron chi connectivity index (χ3n) is 6.04. The Hall–Kier alpha value is -4.76. The number of aliphatic hydroxyl groups is 1. The first-order valence-corrected chi connectivity index (χ1v) is 11.5. The van der Waals surface area contributed by atoms with E-state index in [-0.39, 0.29) is 18.5 Å². The molecule has 1 atom stereocenters. The van der Waals surface area contributed by atoms with E-state index in [2.05, 4.69) is 20.8 Å². The minimum absolute atomic E-state index is 0.00961. The number of fused-ring (bicyclic) bond motifs is 2. The standard InChI is InChI=1S/C27H22N6O3/c34-16-15-33-14-13-18-9-6-11-20(23(18)33)26-31-32-27(36-26)30-24-25(35)28-21-12-5-4-10-19(21)22(29-24)17-7-2-1-3-8-17/h1-14,24,34H,15-16H2,(H,28,35)(H,30,32). The lowest BCUT2D eigenvalue weighted by Gasteiger charge is -2.11. The van der Waals surface area contributed by atoms with E-state index in [1.807, 2.05) is 89.6 Å². The van der Waals surface area contributed by atoms with Crippen LogP contribution in [0.4, 0.5) is 11.7 Å². The largest absolute Gasteiger partial charge is 0.403 e. The van der Waals surface area contributed by atoms with E-state index in [0.717, 1.165) is 27.6 Å². The zero-order chi connectivity index (χ0) is 24.5. The van der Waals surface area contributed by atoms with Gasteiger partial charge in [0.05, 0.1) is 29.1 Å². The van der Waals surface area contributed by atoms with Gasteiger partial charge in [-0.1, -0.05) is 65.8 Å². The molecule has 178 valence electrons. The lowest BCUT2D eigenvalue weighted by Crippen LogP contribution is -2.32. The number of carbonyl (C=O) groups is 1. The number of hydrogen-bond donors (Lipinski definition) is 3. The van der Waals surface area contributed by atoms with E-state index < -0.39 is 6.17 Å². The molecule has 3 aromatic carbocycles. The van der Waals surface area contributed by atoms with E-state index in [1.54, 1.807) is 0 Å². The van der Waals surface area contributed by atoms with Crippen molar-refractivity contribution in [2.45, 2.75) is 12.7 Å². The first-order valence-electron chi connectivity index (χ1n) is 11.5. The van der Waals surface area contributed by atoms with Crippen molar-refractivity contribution < 1.29 is 14.3 Å². The Bertz CT molecular complexity index is 1590. The van der Waals surface area contributed by atoms with Gasteiger partial charge in [0, 0.05) is 29.3 Å². The number of aromatic nitrogens is 3. The summed E-state index contributed by atoms with van der Waals surface area (Å²) < 4.78 is 7.87. The van der Waals surface area contributed by atoms with Gasteiger partial charge < -0.3 is 24.7 Å². The molecule has 0 saturated carbocycles. The predicted molar refractivity (Wildman–Crippen MR) is 137 cm³/mol. The van der Waals surface area contributed by atoms with Crippen LogP contribution in [0.3, 0.4) is 0 Å². The van der Waals surface area contributed by atoms with E-state index in [1.165, 1.54) is 0 Å². The number of benzodiazepines with no additional fused rings is 1. The molecular formula is C27H22N6O3. The van der Waals surface area contributed by atoms with Gasteiger partial charge in [-0.25, -0.2) is 4.99 Å². The molecule has 1 aliphatic heterocycles. The molecule has 0 aliphatic carbocycles. The molecule has 1 aliphatic rings. The van der Waals surface area contributed by atoms with Crippen LogP contribution < -0.4 is 10.6 Å². The minimum atomic E-state index is -0.991. The molecule has 6 rings (SSSR count). The average molecular weight is 479 g/mol. The fraction of sp³-hybridized carbons (Fsp3) is 0.111. The summed E-state index contributed by atoms with van der Waals surface area (Å²) in [7, 11) is 0. The maximum atomic E-state index is 13.1. The number of aliphatic hydroxyl groups excluding tert-OH is 1. The highest BCUT2D eigenvalue weighted by molar-refractivity contribution is 6.19. The summed E-state index contributed by atoms with van der Waals surface area (Å²) in [4.78, 5) is 17.9. The Labute approximate surface area is 206 Å². The summed E-state index contributed by atoms with van der Waals surface area (Å²) in [5.74, 6) is -0.0439. The Morgan fingerprint density at radius 1 is 0.944 bits per heavy atom. The summed E-state index contributed by atoms with van der Waals surface area (Å²) in [6, 6.07) is 25.1. The van der Waals surface area contributed by atoms with Gasteiger partial charge in [-0.15, -0.1) is 5.10 Å². The molecule has 9 nitrogen and oxygen atoms in total. The van der Waals surface area contributed by atoms with E-state index in [4.69, 9.17) is 9.41 Å². The number of carbonyl (C=O) groups excluding carboxylic acids is 1. The smallest absolute Gasteiger partial charge is 0.317 e. The molecule has 9 heteroatoms. The molecule has 0 radical (unpaired) electrons. The van der Waals surface area contributed by atoms with Crippen LogP contribution in [-0.2, 0) is 11.3 Å². The second-order valence-corrected chi connectivity index (χ2v) is 8.31. The summed E-state index contributed by atoms with van der Waals surface area (Å²) in [6.45, 7) is 0.454. The van der Waals surface area contributed by atoms with Gasteiger partial charge >= 0.3 is 6.01 Å². The first kappa shape index (κ1) is 21.8. The number of nitrogens with one attached hydrogen (secondary N) is 2. The Balaban J connectivity index is 1.36. The highest BCUT2D eigenvalue weighted by atomic mass is 16.4. The Kier molecular flexibility index (Phi) is 5.51. The quantitative estimate of drug-likeness (QED) is 0.341. The minimum Gasteiger partial charge on any atom is -0.403 e. The van der Waals surface area contributed by atoms with Gasteiger partial charge in [0.1, 0.15) is 0 Å². The number of hydrogen-bond acceptors (Lipinski definition) is 7. The van der Waals surface area contributed by atoms with Gasteiger partial charge in [-0.2, -0.15) is 0 Å². The monoisotopic (exact) mass is 478 g/mol. The third kappa shape index (κ3) is 3.91. The van der Waals surface area contributed by atoms with Crippen LogP contribution in [0.5, 0.6) is 0 Å². The number of aliphatic imine (C=N–C) groups is 1. The first-order chi connectivity index (χ1) is 17.7. The average Bonchev–Trinajstić information content (AvgIpc) is 3.52. The molecule has 0 spiro atoms. The molecule has 5 aromatic rings. The van der Waals surface area contributed by atoms with Crippen molar-refractivity contribution in [2.75, 3.05) is 17.2 Å². The summed E-state index contributed by atoms with van der Waals surface area (Å²) in [6.07, 6.45) is 0.919. The zero-order valence-electron chi connectivity index (χ0n) is 19.1. The van der Waals surface area contributed by atoms with E-state index >= 15 is 0 Å². The van der Waals surface area contributed by atoms with Gasteiger partial charge in [0.2, 0.25) is 6.17 Å². The molecule has 2 aromatic heterocycles. The maximum absolute atomic E-state index is 13.1. The molecule has 1 amide bonds. The van der Waals surface area contributed by atoms with Crippen molar-refractivity contribution in [3.63, 3.8) is 0 Å². The Morgan fingerprint density at radius 3 is 2.61 bits per heavy atom. The number of benzene rings is 3. The van der Waals surface area contributed by atoms with E-state index in [9.17, 15) is 9.90 Å². The fourth-order valence-electron chi connectivity index (χ4n) is 4.42. The van der Waals surface area contributed by atoms with Gasteiger partial charge in [-0.3, -0.25) is 4.79 Å². The number of rotatable bonds is 6. The van der Waals surface area contributed by atoms with Crippen LogP contribution in [0.25, 0.3) is 22.4 Å². The fourth-order valence-corrected chi connectivity index (χ4v) is 4.42. The summed E-state index contributed by atoms with van der Waals surface area (Å²) >= 11 is 0. The molecule has 1 unspecified atom stereocenters. The van der Waals surface area contributed by atoms with Crippen LogP contribution in [0, 0.1) is 0 Å². The highest BCUT2D eigenvalue weighted by Crippen LogP contribution is 2.30. The molecule has 36 heavy (non-hydrogen) atoms. The normalized spacial score (nSPS) is 15.2. The van der Waals surface area contributed by atoms with Crippen molar-refractivity contribution in [2.24, 2.45) is 4.99 Å². The van der Waals surface area contributed by atoms with Crippen molar-refractivity contribution in [3.8, 4) is 11.5 Å². The molecule has 3 heterocycles. The van der Waals surface area contributed by atoms with Crippen LogP contribution in [0.1, 0.15) is 11.1 Å². The van der Waals surface area contributed by atoms with Gasteiger partial charge in [0.25, 0.3) is 11.8 Å². The highest BCUT2D eigenvalue weighted by Gasteiger charge is 2.27. The molecule has 0 fully saturated rings. The second-order valence-electron chi connectivity index (χ2n) is 8.31. The number of nitrogens with zero attached hydrogens (tertiary/aromatic N) is 4. The summed E-state index contributed by atoms with van der Waals surface area (Å²) in [5, 5.41) is 24.7. The van der Waals surface area contributed by atoms with Crippen molar-refractivity contribution in [1.29, 1.82) is 0 Å². The number of anilines is 2. The summed E-state index contributed by atoms with van der Waals surface area (Å²) in [5.41, 5.74) is 4.68. The number of amides is 1. The zero-order valence-corrected chi connectivity index (χ0v) is 19.1. The van der Waals surface area contributed by atoms with Crippen LogP contribution in [0.2, 0.25) is 0 Å². The third-order valence-corrected chi connectivity index (χ3v) is 6.04. The van der Waals surface area contributed by atoms with Crippen molar-refractivity contribution in [1.82, 2.24) is 14.8 Å².